The number of fused-ring (bicyclic) bond motifs is 3. The van der Waals surface area contributed by atoms with Crippen LogP contribution in [0.5, 0.6) is 0 Å². The van der Waals surface area contributed by atoms with Crippen LogP contribution in [0.1, 0.15) is 40.0 Å². The van der Waals surface area contributed by atoms with Gasteiger partial charge in [-0.25, -0.2) is 4.68 Å². The Morgan fingerprint density at radius 3 is 2.73 bits per heavy atom. The van der Waals surface area contributed by atoms with Crippen molar-refractivity contribution in [1.29, 1.82) is 0 Å². The quantitative estimate of drug-likeness (QED) is 0.453. The van der Waals surface area contributed by atoms with E-state index in [1.54, 1.807) is 0 Å². The fourth-order valence-corrected chi connectivity index (χ4v) is 3.80. The summed E-state index contributed by atoms with van der Waals surface area (Å²) in [4.78, 5) is 12.1. The molecule has 6 heteroatoms. The van der Waals surface area contributed by atoms with Crippen LogP contribution in [0.3, 0.4) is 0 Å². The van der Waals surface area contributed by atoms with Gasteiger partial charge >= 0.3 is 0 Å². The van der Waals surface area contributed by atoms with E-state index in [1.165, 1.54) is 5.56 Å². The van der Waals surface area contributed by atoms with Crippen LogP contribution in [0.15, 0.2) is 42.5 Å². The first-order valence-electron chi connectivity index (χ1n) is 10.0. The Morgan fingerprint density at radius 1 is 1.23 bits per heavy atom. The number of amides is 1. The smallest absolute Gasteiger partial charge is 0.269 e. The first kappa shape index (κ1) is 19.7. The molecule has 2 aromatic carbocycles. The number of anilines is 1. The molecule has 0 saturated carbocycles. The molecule has 3 aromatic rings. The third-order valence-corrected chi connectivity index (χ3v) is 5.32. The maximum atomic E-state index is 12.1. The number of hydrogen-bond acceptors (Lipinski definition) is 4. The van der Waals surface area contributed by atoms with Crippen molar-refractivity contribution >= 4 is 11.6 Å². The molecule has 152 valence electrons. The summed E-state index contributed by atoms with van der Waals surface area (Å²) in [5.41, 5.74) is 12.8. The van der Waals surface area contributed by atoms with Gasteiger partial charge in [0.15, 0.2) is 5.69 Å². The Hall–Kier alpha value is -3.56. The van der Waals surface area contributed by atoms with Gasteiger partial charge in [0.2, 0.25) is 0 Å². The SMILES string of the molecule is CNc1ccc2c(c1)-c1c(c(C(N)=O)nn1-c1ccc(C#CCCCO)cc1)CC2. The lowest BCUT2D eigenvalue weighted by Gasteiger charge is -2.20. The first-order chi connectivity index (χ1) is 14.6. The second-order valence-electron chi connectivity index (χ2n) is 7.25. The van der Waals surface area contributed by atoms with E-state index in [9.17, 15) is 4.79 Å². The van der Waals surface area contributed by atoms with Gasteiger partial charge < -0.3 is 16.2 Å². The molecule has 4 N–H and O–H groups in total. The molecule has 0 unspecified atom stereocenters. The van der Waals surface area contributed by atoms with E-state index in [0.717, 1.165) is 46.6 Å². The van der Waals surface area contributed by atoms with Crippen molar-refractivity contribution < 1.29 is 9.90 Å². The third-order valence-electron chi connectivity index (χ3n) is 5.32. The lowest BCUT2D eigenvalue weighted by molar-refractivity contribution is 0.0994. The molecule has 1 aliphatic rings. The summed E-state index contributed by atoms with van der Waals surface area (Å²) in [5.74, 6) is 5.65. The Morgan fingerprint density at radius 2 is 2.03 bits per heavy atom. The second-order valence-corrected chi connectivity index (χ2v) is 7.25. The lowest BCUT2D eigenvalue weighted by Crippen LogP contribution is -2.15. The van der Waals surface area contributed by atoms with E-state index in [1.807, 2.05) is 36.0 Å². The number of rotatable bonds is 5. The number of nitrogens with two attached hydrogens (primary N) is 1. The summed E-state index contributed by atoms with van der Waals surface area (Å²) in [6, 6.07) is 14.0. The summed E-state index contributed by atoms with van der Waals surface area (Å²) in [7, 11) is 1.89. The molecular weight excluding hydrogens is 376 g/mol. The van der Waals surface area contributed by atoms with Gasteiger partial charge in [-0.15, -0.1) is 0 Å². The van der Waals surface area contributed by atoms with Gasteiger partial charge in [0.25, 0.3) is 5.91 Å². The molecule has 0 radical (unpaired) electrons. The number of primary amides is 1. The van der Waals surface area contributed by atoms with Crippen LogP contribution in [0, 0.1) is 11.8 Å². The largest absolute Gasteiger partial charge is 0.396 e. The molecule has 0 aliphatic heterocycles. The number of benzene rings is 2. The van der Waals surface area contributed by atoms with Gasteiger partial charge in [0.1, 0.15) is 0 Å². The molecule has 0 bridgehead atoms. The van der Waals surface area contributed by atoms with Crippen LogP contribution in [-0.4, -0.2) is 34.4 Å². The first-order valence-corrected chi connectivity index (χ1v) is 10.0. The van der Waals surface area contributed by atoms with Crippen LogP contribution in [0.4, 0.5) is 5.69 Å². The summed E-state index contributed by atoms with van der Waals surface area (Å²) in [5, 5.41) is 16.6. The normalized spacial score (nSPS) is 11.8. The molecule has 1 aromatic heterocycles. The molecular formula is C24H24N4O2. The fraction of sp³-hybridized carbons (Fsp3) is 0.250. The van der Waals surface area contributed by atoms with E-state index in [4.69, 9.17) is 10.8 Å². The molecule has 30 heavy (non-hydrogen) atoms. The zero-order valence-electron chi connectivity index (χ0n) is 16.9. The maximum Gasteiger partial charge on any atom is 0.269 e. The molecule has 0 fully saturated rings. The van der Waals surface area contributed by atoms with Gasteiger partial charge in [-0.05, 0) is 61.2 Å². The summed E-state index contributed by atoms with van der Waals surface area (Å²) < 4.78 is 1.82. The monoisotopic (exact) mass is 400 g/mol. The van der Waals surface area contributed by atoms with Crippen LogP contribution < -0.4 is 11.1 Å². The number of aliphatic hydroxyl groups excluding tert-OH is 1. The van der Waals surface area contributed by atoms with E-state index >= 15 is 0 Å². The highest BCUT2D eigenvalue weighted by molar-refractivity contribution is 5.95. The summed E-state index contributed by atoms with van der Waals surface area (Å²) in [6.45, 7) is 0.150. The standard InChI is InChI=1S/C24H24N4O2/c1-26-18-10-8-17-9-13-20-22(24(25)30)27-28(23(20)21(17)15-18)19-11-6-16(7-12-19)5-3-2-4-14-29/h6-8,10-12,15,26,29H,2,4,9,13-14H2,1H3,(H2,25,30). The van der Waals surface area contributed by atoms with Gasteiger partial charge in [-0.3, -0.25) is 4.79 Å². The molecule has 0 atom stereocenters. The minimum Gasteiger partial charge on any atom is -0.396 e. The van der Waals surface area contributed by atoms with Crippen LogP contribution in [0.2, 0.25) is 0 Å². The molecule has 1 amide bonds. The number of aromatic nitrogens is 2. The molecule has 1 aliphatic carbocycles. The highest BCUT2D eigenvalue weighted by Gasteiger charge is 2.28. The average molecular weight is 400 g/mol. The van der Waals surface area contributed by atoms with Crippen LogP contribution >= 0.6 is 0 Å². The summed E-state index contributed by atoms with van der Waals surface area (Å²) in [6.07, 6.45) is 2.92. The van der Waals surface area contributed by atoms with Crippen molar-refractivity contribution in [3.05, 3.63) is 64.8 Å². The molecule has 6 nitrogen and oxygen atoms in total. The van der Waals surface area contributed by atoms with Crippen molar-refractivity contribution in [1.82, 2.24) is 9.78 Å². The number of carbonyl (C=O) groups excluding carboxylic acids is 1. The van der Waals surface area contributed by atoms with Crippen LogP contribution in [-0.2, 0) is 12.8 Å². The summed E-state index contributed by atoms with van der Waals surface area (Å²) >= 11 is 0. The minimum atomic E-state index is -0.510. The van der Waals surface area contributed by atoms with E-state index in [-0.39, 0.29) is 6.61 Å². The average Bonchev–Trinajstić information content (AvgIpc) is 3.17. The van der Waals surface area contributed by atoms with Crippen molar-refractivity contribution in [2.45, 2.75) is 25.7 Å². The zero-order chi connectivity index (χ0) is 21.1. The topological polar surface area (TPSA) is 93.2 Å². The van der Waals surface area contributed by atoms with Gasteiger partial charge in [0, 0.05) is 42.5 Å². The van der Waals surface area contributed by atoms with Gasteiger partial charge in [0.05, 0.1) is 11.4 Å². The number of carbonyl (C=O) groups is 1. The Bertz CT molecular complexity index is 1150. The molecule has 0 saturated heterocycles. The van der Waals surface area contributed by atoms with Crippen molar-refractivity contribution in [3.8, 4) is 28.8 Å². The van der Waals surface area contributed by atoms with Crippen molar-refractivity contribution in [3.63, 3.8) is 0 Å². The Labute approximate surface area is 175 Å². The number of unbranched alkanes of at least 4 members (excludes halogenated alkanes) is 1. The molecule has 0 spiro atoms. The zero-order valence-corrected chi connectivity index (χ0v) is 16.9. The Balaban J connectivity index is 1.79. The number of nitrogens with zero attached hydrogens (tertiary/aromatic N) is 2. The predicted molar refractivity (Wildman–Crippen MR) is 118 cm³/mol. The van der Waals surface area contributed by atoms with E-state index in [2.05, 4.69) is 40.5 Å². The fourth-order valence-electron chi connectivity index (χ4n) is 3.80. The van der Waals surface area contributed by atoms with E-state index < -0.39 is 5.91 Å². The highest BCUT2D eigenvalue weighted by Crippen LogP contribution is 2.38. The minimum absolute atomic E-state index is 0.150. The van der Waals surface area contributed by atoms with Gasteiger partial charge in [-0.2, -0.15) is 5.10 Å². The van der Waals surface area contributed by atoms with Gasteiger partial charge in [-0.1, -0.05) is 17.9 Å². The van der Waals surface area contributed by atoms with Crippen molar-refractivity contribution in [2.24, 2.45) is 5.73 Å². The highest BCUT2D eigenvalue weighted by atomic mass is 16.2. The lowest BCUT2D eigenvalue weighted by atomic mass is 9.88. The predicted octanol–water partition coefficient (Wildman–Crippen LogP) is 2.90. The number of nitrogens with one attached hydrogen (secondary N) is 1. The maximum absolute atomic E-state index is 12.1. The number of hydrogen-bond donors (Lipinski definition) is 3. The molecule has 1 heterocycles. The van der Waals surface area contributed by atoms with E-state index in [0.29, 0.717) is 18.5 Å². The molecule has 4 rings (SSSR count). The van der Waals surface area contributed by atoms with Crippen LogP contribution in [0.25, 0.3) is 16.9 Å². The number of aliphatic hydroxyl groups is 1. The number of aryl methyl sites for hydroxylation is 1. The Kier molecular flexibility index (Phi) is 5.55. The second kappa shape index (κ2) is 8.44. The van der Waals surface area contributed by atoms with Crippen molar-refractivity contribution in [2.75, 3.05) is 19.0 Å². The third kappa shape index (κ3) is 3.68.